The summed E-state index contributed by atoms with van der Waals surface area (Å²) in [5, 5.41) is 2.71. The molecule has 0 heterocycles. The van der Waals surface area contributed by atoms with Crippen molar-refractivity contribution in [1.29, 1.82) is 0 Å². The van der Waals surface area contributed by atoms with Crippen LogP contribution in [0, 0.1) is 13.8 Å². The molecule has 0 saturated heterocycles. The van der Waals surface area contributed by atoms with Gasteiger partial charge in [0.15, 0.2) is 0 Å². The first-order valence-electron chi connectivity index (χ1n) is 7.12. The maximum absolute atomic E-state index is 12.1. The van der Waals surface area contributed by atoms with Crippen molar-refractivity contribution < 1.29 is 4.79 Å². The summed E-state index contributed by atoms with van der Waals surface area (Å²) in [6.07, 6.45) is 0. The number of benzene rings is 2. The van der Waals surface area contributed by atoms with Gasteiger partial charge in [0.1, 0.15) is 0 Å². The topological polar surface area (TPSA) is 32.3 Å². The maximum Gasteiger partial charge on any atom is 0.317 e. The zero-order valence-electron chi connectivity index (χ0n) is 13.1. The average Bonchev–Trinajstić information content (AvgIpc) is 2.50. The third-order valence-electron chi connectivity index (χ3n) is 3.85. The standard InChI is InChI=1S/C18H22N2O/c1-13-9-8-10-14(2)16(13)17(20(4)18(21)19-3)15-11-6-5-7-12-15/h5-12,17H,1-4H3,(H,19,21). The Balaban J connectivity index is 2.59. The van der Waals surface area contributed by atoms with Crippen LogP contribution in [-0.4, -0.2) is 25.0 Å². The molecule has 0 aliphatic carbocycles. The van der Waals surface area contributed by atoms with Gasteiger partial charge < -0.3 is 10.2 Å². The Morgan fingerprint density at radius 2 is 1.57 bits per heavy atom. The molecule has 21 heavy (non-hydrogen) atoms. The van der Waals surface area contributed by atoms with E-state index >= 15 is 0 Å². The molecule has 1 unspecified atom stereocenters. The van der Waals surface area contributed by atoms with Crippen molar-refractivity contribution in [2.45, 2.75) is 19.9 Å². The number of amides is 2. The highest BCUT2D eigenvalue weighted by molar-refractivity contribution is 5.75. The van der Waals surface area contributed by atoms with Gasteiger partial charge >= 0.3 is 6.03 Å². The van der Waals surface area contributed by atoms with Crippen LogP contribution in [0.25, 0.3) is 0 Å². The molecule has 0 bridgehead atoms. The molecule has 0 aliphatic heterocycles. The second kappa shape index (κ2) is 6.44. The van der Waals surface area contributed by atoms with Crippen LogP contribution in [0.4, 0.5) is 4.79 Å². The molecule has 0 spiro atoms. The van der Waals surface area contributed by atoms with E-state index < -0.39 is 0 Å². The Morgan fingerprint density at radius 1 is 1.00 bits per heavy atom. The third-order valence-corrected chi connectivity index (χ3v) is 3.85. The maximum atomic E-state index is 12.1. The van der Waals surface area contributed by atoms with Crippen molar-refractivity contribution >= 4 is 6.03 Å². The molecule has 2 rings (SSSR count). The highest BCUT2D eigenvalue weighted by atomic mass is 16.2. The van der Waals surface area contributed by atoms with Crippen LogP contribution in [0.5, 0.6) is 0 Å². The fraction of sp³-hybridized carbons (Fsp3) is 0.278. The number of hydrogen-bond donors (Lipinski definition) is 1. The molecule has 0 fully saturated rings. The number of hydrogen-bond acceptors (Lipinski definition) is 1. The Hall–Kier alpha value is -2.29. The summed E-state index contributed by atoms with van der Waals surface area (Å²) in [6.45, 7) is 4.19. The number of carbonyl (C=O) groups excluding carboxylic acids is 1. The Bertz CT molecular complexity index is 602. The highest BCUT2D eigenvalue weighted by Crippen LogP contribution is 2.32. The van der Waals surface area contributed by atoms with Gasteiger partial charge in [0.25, 0.3) is 0 Å². The fourth-order valence-corrected chi connectivity index (χ4v) is 2.77. The van der Waals surface area contributed by atoms with E-state index in [0.29, 0.717) is 0 Å². The van der Waals surface area contributed by atoms with Crippen LogP contribution < -0.4 is 5.32 Å². The van der Waals surface area contributed by atoms with Crippen LogP contribution in [0.3, 0.4) is 0 Å². The first kappa shape index (κ1) is 15.1. The van der Waals surface area contributed by atoms with Crippen LogP contribution in [0.2, 0.25) is 0 Å². The third kappa shape index (κ3) is 3.07. The Morgan fingerprint density at radius 3 is 2.10 bits per heavy atom. The molecule has 2 aromatic carbocycles. The average molecular weight is 282 g/mol. The normalized spacial score (nSPS) is 11.8. The van der Waals surface area contributed by atoms with Crippen molar-refractivity contribution in [2.24, 2.45) is 0 Å². The minimum absolute atomic E-state index is 0.0904. The quantitative estimate of drug-likeness (QED) is 0.915. The molecule has 0 radical (unpaired) electrons. The van der Waals surface area contributed by atoms with Crippen molar-refractivity contribution in [3.05, 3.63) is 70.8 Å². The van der Waals surface area contributed by atoms with Crippen molar-refractivity contribution in [1.82, 2.24) is 10.2 Å². The van der Waals surface area contributed by atoms with Gasteiger partial charge in [-0.3, -0.25) is 0 Å². The molecule has 1 atom stereocenters. The Labute approximate surface area is 126 Å². The van der Waals surface area contributed by atoms with Gasteiger partial charge in [-0.25, -0.2) is 4.79 Å². The van der Waals surface area contributed by atoms with Gasteiger partial charge in [0, 0.05) is 14.1 Å². The van der Waals surface area contributed by atoms with Crippen molar-refractivity contribution in [3.8, 4) is 0 Å². The lowest BCUT2D eigenvalue weighted by molar-refractivity contribution is 0.200. The van der Waals surface area contributed by atoms with E-state index in [-0.39, 0.29) is 12.1 Å². The number of nitrogens with zero attached hydrogens (tertiary/aromatic N) is 1. The molecule has 110 valence electrons. The lowest BCUT2D eigenvalue weighted by Crippen LogP contribution is -2.38. The van der Waals surface area contributed by atoms with Gasteiger partial charge in [-0.05, 0) is 36.1 Å². The van der Waals surface area contributed by atoms with Gasteiger partial charge in [0.2, 0.25) is 0 Å². The van der Waals surface area contributed by atoms with Crippen LogP contribution in [0.15, 0.2) is 48.5 Å². The van der Waals surface area contributed by atoms with Crippen molar-refractivity contribution in [2.75, 3.05) is 14.1 Å². The molecule has 2 amide bonds. The smallest absolute Gasteiger partial charge is 0.317 e. The van der Waals surface area contributed by atoms with Crippen molar-refractivity contribution in [3.63, 3.8) is 0 Å². The largest absolute Gasteiger partial charge is 0.341 e. The summed E-state index contributed by atoms with van der Waals surface area (Å²) < 4.78 is 0. The van der Waals surface area contributed by atoms with Gasteiger partial charge in [0.05, 0.1) is 6.04 Å². The van der Waals surface area contributed by atoms with E-state index in [0.717, 1.165) is 5.56 Å². The molecule has 0 aliphatic rings. The van der Waals surface area contributed by atoms with E-state index in [9.17, 15) is 4.79 Å². The lowest BCUT2D eigenvalue weighted by atomic mass is 9.90. The number of carbonyl (C=O) groups is 1. The number of nitrogens with one attached hydrogen (secondary N) is 1. The van der Waals surface area contributed by atoms with Crippen LogP contribution in [0.1, 0.15) is 28.3 Å². The van der Waals surface area contributed by atoms with E-state index in [2.05, 4.69) is 49.5 Å². The lowest BCUT2D eigenvalue weighted by Gasteiger charge is -2.31. The zero-order valence-corrected chi connectivity index (χ0v) is 13.1. The SMILES string of the molecule is CNC(=O)N(C)C(c1ccccc1)c1c(C)cccc1C. The van der Waals surface area contributed by atoms with E-state index in [4.69, 9.17) is 0 Å². The molecule has 0 saturated carbocycles. The predicted molar refractivity (Wildman–Crippen MR) is 86.4 cm³/mol. The second-order valence-corrected chi connectivity index (χ2v) is 5.28. The summed E-state index contributed by atoms with van der Waals surface area (Å²) >= 11 is 0. The number of urea groups is 1. The molecular weight excluding hydrogens is 260 g/mol. The minimum atomic E-state index is -0.0912. The summed E-state index contributed by atoms with van der Waals surface area (Å²) in [6, 6.07) is 16.2. The van der Waals surface area contributed by atoms with Crippen LogP contribution in [-0.2, 0) is 0 Å². The van der Waals surface area contributed by atoms with E-state index in [1.807, 2.05) is 25.2 Å². The molecule has 0 aromatic heterocycles. The highest BCUT2D eigenvalue weighted by Gasteiger charge is 2.25. The van der Waals surface area contributed by atoms with E-state index in [1.54, 1.807) is 11.9 Å². The van der Waals surface area contributed by atoms with Crippen LogP contribution >= 0.6 is 0 Å². The summed E-state index contributed by atoms with van der Waals surface area (Å²) in [7, 11) is 3.49. The summed E-state index contributed by atoms with van der Waals surface area (Å²) in [4.78, 5) is 13.9. The molecule has 3 heteroatoms. The molecule has 2 aromatic rings. The number of aryl methyl sites for hydroxylation is 2. The zero-order chi connectivity index (χ0) is 15.4. The Kier molecular flexibility index (Phi) is 4.63. The predicted octanol–water partition coefficient (Wildman–Crippen LogP) is 3.66. The first-order chi connectivity index (χ1) is 10.1. The molecular formula is C18H22N2O. The monoisotopic (exact) mass is 282 g/mol. The van der Waals surface area contributed by atoms with Gasteiger partial charge in [-0.15, -0.1) is 0 Å². The van der Waals surface area contributed by atoms with E-state index in [1.165, 1.54) is 16.7 Å². The summed E-state index contributed by atoms with van der Waals surface area (Å²) in [5.74, 6) is 0. The summed E-state index contributed by atoms with van der Waals surface area (Å²) in [5.41, 5.74) is 4.69. The molecule has 1 N–H and O–H groups in total. The second-order valence-electron chi connectivity index (χ2n) is 5.28. The number of rotatable bonds is 3. The molecule has 3 nitrogen and oxygen atoms in total. The van der Waals surface area contributed by atoms with Gasteiger partial charge in [-0.1, -0.05) is 48.5 Å². The van der Waals surface area contributed by atoms with Gasteiger partial charge in [-0.2, -0.15) is 0 Å². The first-order valence-corrected chi connectivity index (χ1v) is 7.12. The fourth-order valence-electron chi connectivity index (χ4n) is 2.77. The minimum Gasteiger partial charge on any atom is -0.341 e.